The monoisotopic (exact) mass is 369 g/mol. The van der Waals surface area contributed by atoms with E-state index in [2.05, 4.69) is 14.9 Å². The molecule has 0 saturated carbocycles. The maximum atomic E-state index is 13.1. The third-order valence-electron chi connectivity index (χ3n) is 4.20. The van der Waals surface area contributed by atoms with Crippen LogP contribution in [-0.2, 0) is 6.18 Å². The van der Waals surface area contributed by atoms with Gasteiger partial charge in [0.1, 0.15) is 11.6 Å². The molecule has 1 fully saturated rings. The van der Waals surface area contributed by atoms with Gasteiger partial charge >= 0.3 is 6.18 Å². The molecular formula is C17H19F4N5. The van der Waals surface area contributed by atoms with Crippen molar-refractivity contribution >= 4 is 17.5 Å². The number of anilines is 3. The predicted octanol–water partition coefficient (Wildman–Crippen LogP) is 3.03. The average Bonchev–Trinajstić information content (AvgIpc) is 2.61. The minimum absolute atomic E-state index is 0.0716. The first-order chi connectivity index (χ1) is 12.2. The second-order valence-corrected chi connectivity index (χ2v) is 6.25. The molecular weight excluding hydrogens is 350 g/mol. The lowest BCUT2D eigenvalue weighted by Crippen LogP contribution is -2.47. The highest BCUT2D eigenvalue weighted by Gasteiger charge is 2.34. The van der Waals surface area contributed by atoms with Gasteiger partial charge in [-0.2, -0.15) is 18.2 Å². The quantitative estimate of drug-likeness (QED) is 0.778. The zero-order chi connectivity index (χ0) is 18.9. The van der Waals surface area contributed by atoms with Gasteiger partial charge in [-0.25, -0.2) is 9.37 Å². The molecule has 1 aromatic heterocycles. The number of halogens is 4. The SMILES string of the molecule is CN(C)c1cc(C(F)(F)F)nc(N2CCN(c3ccc(F)cc3)CC2)n1. The first kappa shape index (κ1) is 18.2. The minimum Gasteiger partial charge on any atom is -0.368 e. The summed E-state index contributed by atoms with van der Waals surface area (Å²) >= 11 is 0. The second-order valence-electron chi connectivity index (χ2n) is 6.25. The van der Waals surface area contributed by atoms with E-state index in [4.69, 9.17) is 0 Å². The summed E-state index contributed by atoms with van der Waals surface area (Å²) in [4.78, 5) is 13.3. The maximum Gasteiger partial charge on any atom is 0.433 e. The number of rotatable bonds is 3. The molecule has 0 spiro atoms. The molecule has 0 unspecified atom stereocenters. The Hall–Kier alpha value is -2.58. The summed E-state index contributed by atoms with van der Waals surface area (Å²) in [6, 6.07) is 7.10. The van der Waals surface area contributed by atoms with Gasteiger partial charge in [0.25, 0.3) is 0 Å². The van der Waals surface area contributed by atoms with Crippen molar-refractivity contribution in [2.45, 2.75) is 6.18 Å². The normalized spacial score (nSPS) is 15.3. The van der Waals surface area contributed by atoms with Crippen LogP contribution in [0.1, 0.15) is 5.69 Å². The zero-order valence-corrected chi connectivity index (χ0v) is 14.5. The molecule has 0 amide bonds. The van der Waals surface area contributed by atoms with Crippen LogP contribution in [-0.4, -0.2) is 50.2 Å². The molecule has 0 N–H and O–H groups in total. The number of benzene rings is 1. The first-order valence-electron chi connectivity index (χ1n) is 8.13. The van der Waals surface area contributed by atoms with Crippen LogP contribution in [0.2, 0.25) is 0 Å². The van der Waals surface area contributed by atoms with Crippen molar-refractivity contribution in [2.75, 3.05) is 55.0 Å². The van der Waals surface area contributed by atoms with E-state index in [1.165, 1.54) is 17.0 Å². The molecule has 1 saturated heterocycles. The summed E-state index contributed by atoms with van der Waals surface area (Å²) in [6.07, 6.45) is -4.53. The van der Waals surface area contributed by atoms with Gasteiger partial charge in [-0.15, -0.1) is 0 Å². The van der Waals surface area contributed by atoms with Crippen molar-refractivity contribution in [3.8, 4) is 0 Å². The number of alkyl halides is 3. The summed E-state index contributed by atoms with van der Waals surface area (Å²) < 4.78 is 52.4. The minimum atomic E-state index is -4.53. The van der Waals surface area contributed by atoms with Gasteiger partial charge in [0.05, 0.1) is 0 Å². The van der Waals surface area contributed by atoms with Crippen LogP contribution in [0.4, 0.5) is 35.0 Å². The Kier molecular flexibility index (Phi) is 4.88. The fourth-order valence-electron chi connectivity index (χ4n) is 2.75. The van der Waals surface area contributed by atoms with Crippen LogP contribution in [0, 0.1) is 5.82 Å². The van der Waals surface area contributed by atoms with Crippen LogP contribution < -0.4 is 14.7 Å². The molecule has 26 heavy (non-hydrogen) atoms. The maximum absolute atomic E-state index is 13.1. The highest BCUT2D eigenvalue weighted by Crippen LogP contribution is 2.31. The molecule has 3 rings (SSSR count). The lowest BCUT2D eigenvalue weighted by atomic mass is 10.2. The molecule has 1 aliphatic heterocycles. The van der Waals surface area contributed by atoms with Crippen molar-refractivity contribution < 1.29 is 17.6 Å². The number of hydrogen-bond acceptors (Lipinski definition) is 5. The Balaban J connectivity index is 1.78. The van der Waals surface area contributed by atoms with E-state index in [-0.39, 0.29) is 17.6 Å². The number of nitrogens with zero attached hydrogens (tertiary/aromatic N) is 5. The highest BCUT2D eigenvalue weighted by molar-refractivity contribution is 5.50. The third kappa shape index (κ3) is 3.97. The molecule has 0 bridgehead atoms. The van der Waals surface area contributed by atoms with Crippen LogP contribution in [0.15, 0.2) is 30.3 Å². The van der Waals surface area contributed by atoms with Crippen molar-refractivity contribution in [1.82, 2.24) is 9.97 Å². The molecule has 9 heteroatoms. The first-order valence-corrected chi connectivity index (χ1v) is 8.13. The molecule has 0 atom stereocenters. The summed E-state index contributed by atoms with van der Waals surface area (Å²) in [6.45, 7) is 2.13. The molecule has 2 heterocycles. The second kappa shape index (κ2) is 6.97. The fourth-order valence-corrected chi connectivity index (χ4v) is 2.75. The Labute approximate surface area is 148 Å². The van der Waals surface area contributed by atoms with Gasteiger partial charge in [-0.1, -0.05) is 0 Å². The Morgan fingerprint density at radius 1 is 0.923 bits per heavy atom. The molecule has 1 aromatic carbocycles. The van der Waals surface area contributed by atoms with Gasteiger partial charge in [0.2, 0.25) is 5.95 Å². The Morgan fingerprint density at radius 2 is 1.50 bits per heavy atom. The van der Waals surface area contributed by atoms with Crippen LogP contribution in [0.25, 0.3) is 0 Å². The van der Waals surface area contributed by atoms with E-state index in [1.54, 1.807) is 31.1 Å². The van der Waals surface area contributed by atoms with Crippen LogP contribution >= 0.6 is 0 Å². The van der Waals surface area contributed by atoms with Gasteiger partial charge in [0, 0.05) is 52.0 Å². The van der Waals surface area contributed by atoms with Crippen LogP contribution in [0.5, 0.6) is 0 Å². The van der Waals surface area contributed by atoms with E-state index in [0.717, 1.165) is 11.8 Å². The largest absolute Gasteiger partial charge is 0.433 e. The Morgan fingerprint density at radius 3 is 2.04 bits per heavy atom. The van der Waals surface area contributed by atoms with Crippen molar-refractivity contribution in [3.63, 3.8) is 0 Å². The van der Waals surface area contributed by atoms with Crippen molar-refractivity contribution in [2.24, 2.45) is 0 Å². The molecule has 2 aromatic rings. The number of piperazine rings is 1. The van der Waals surface area contributed by atoms with Crippen molar-refractivity contribution in [1.29, 1.82) is 0 Å². The molecule has 1 aliphatic rings. The van der Waals surface area contributed by atoms with E-state index < -0.39 is 11.9 Å². The summed E-state index contributed by atoms with van der Waals surface area (Å²) in [7, 11) is 3.28. The summed E-state index contributed by atoms with van der Waals surface area (Å²) in [5.74, 6) is -0.0217. The van der Waals surface area contributed by atoms with Crippen LogP contribution in [0.3, 0.4) is 0 Å². The molecule has 0 aliphatic carbocycles. The highest BCUT2D eigenvalue weighted by atomic mass is 19.4. The van der Waals surface area contributed by atoms with Gasteiger partial charge in [0.15, 0.2) is 5.69 Å². The smallest absolute Gasteiger partial charge is 0.368 e. The van der Waals surface area contributed by atoms with Gasteiger partial charge in [-0.05, 0) is 24.3 Å². The predicted molar refractivity (Wildman–Crippen MR) is 92.2 cm³/mol. The molecule has 0 radical (unpaired) electrons. The standard InChI is InChI=1S/C17H19F4N5/c1-24(2)15-11-14(17(19,20)21)22-16(23-15)26-9-7-25(8-10-26)13-5-3-12(18)4-6-13/h3-6,11H,7-10H2,1-2H3. The van der Waals surface area contributed by atoms with E-state index >= 15 is 0 Å². The Bertz CT molecular complexity index is 753. The van der Waals surface area contributed by atoms with Gasteiger partial charge < -0.3 is 14.7 Å². The molecule has 5 nitrogen and oxygen atoms in total. The molecule has 140 valence electrons. The zero-order valence-electron chi connectivity index (χ0n) is 14.5. The topological polar surface area (TPSA) is 35.5 Å². The summed E-state index contributed by atoms with van der Waals surface area (Å²) in [5.41, 5.74) is -0.0721. The lowest BCUT2D eigenvalue weighted by molar-refractivity contribution is -0.141. The summed E-state index contributed by atoms with van der Waals surface area (Å²) in [5, 5.41) is 0. The van der Waals surface area contributed by atoms with E-state index in [0.29, 0.717) is 26.2 Å². The number of aromatic nitrogens is 2. The number of hydrogen-bond donors (Lipinski definition) is 0. The van der Waals surface area contributed by atoms with E-state index in [9.17, 15) is 17.6 Å². The fraction of sp³-hybridized carbons (Fsp3) is 0.412. The van der Waals surface area contributed by atoms with E-state index in [1.807, 2.05) is 0 Å². The lowest BCUT2D eigenvalue weighted by Gasteiger charge is -2.36. The van der Waals surface area contributed by atoms with Gasteiger partial charge in [-0.3, -0.25) is 0 Å². The van der Waals surface area contributed by atoms with Crippen molar-refractivity contribution in [3.05, 3.63) is 41.8 Å². The third-order valence-corrected chi connectivity index (χ3v) is 4.20. The average molecular weight is 369 g/mol.